The molecule has 1 aliphatic carbocycles. The Bertz CT molecular complexity index is 535. The predicted molar refractivity (Wildman–Crippen MR) is 78.5 cm³/mol. The van der Waals surface area contributed by atoms with Crippen LogP contribution >= 0.6 is 0 Å². The van der Waals surface area contributed by atoms with Gasteiger partial charge in [-0.15, -0.1) is 0 Å². The number of carboxylic acid groups (broad SMARTS) is 1. The minimum atomic E-state index is -1.10. The largest absolute Gasteiger partial charge is 0.496 e. The van der Waals surface area contributed by atoms with Gasteiger partial charge >= 0.3 is 5.97 Å². The smallest absolute Gasteiger partial charge is 0.329 e. The quantitative estimate of drug-likeness (QED) is 0.925. The average molecular weight is 291 g/mol. The number of aliphatic carboxylic acids is 1. The second kappa shape index (κ2) is 6.16. The fraction of sp³-hybridized carbons (Fsp3) is 0.500. The van der Waals surface area contributed by atoms with Gasteiger partial charge in [0.25, 0.3) is 5.91 Å². The fourth-order valence-corrected chi connectivity index (χ4v) is 3.03. The van der Waals surface area contributed by atoms with E-state index in [4.69, 9.17) is 4.74 Å². The summed E-state index contributed by atoms with van der Waals surface area (Å²) in [4.78, 5) is 25.9. The van der Waals surface area contributed by atoms with E-state index in [0.29, 0.717) is 24.2 Å². The Balaban J connectivity index is 2.34. The van der Waals surface area contributed by atoms with Crippen LogP contribution in [-0.2, 0) is 4.79 Å². The van der Waals surface area contributed by atoms with Gasteiger partial charge < -0.3 is 14.7 Å². The molecule has 0 radical (unpaired) electrons. The number of benzene rings is 1. The third kappa shape index (κ3) is 2.73. The van der Waals surface area contributed by atoms with Crippen molar-refractivity contribution >= 4 is 11.9 Å². The van der Waals surface area contributed by atoms with Crippen molar-refractivity contribution in [3.05, 3.63) is 29.8 Å². The Labute approximate surface area is 124 Å². The standard InChI is InChI=1S/C16H21NO4/c1-17(16(15(19)20)10-6-3-7-11-16)14(18)12-8-4-5-9-13(12)21-2/h4-5,8-9H,3,6-7,10-11H2,1-2H3,(H,19,20). The van der Waals surface area contributed by atoms with Crippen LogP contribution in [-0.4, -0.2) is 41.6 Å². The topological polar surface area (TPSA) is 66.8 Å². The molecular weight excluding hydrogens is 270 g/mol. The third-order valence-corrected chi connectivity index (χ3v) is 4.36. The number of amides is 1. The third-order valence-electron chi connectivity index (χ3n) is 4.36. The van der Waals surface area contributed by atoms with E-state index in [1.165, 1.54) is 12.0 Å². The maximum atomic E-state index is 12.7. The summed E-state index contributed by atoms with van der Waals surface area (Å²) in [5.41, 5.74) is -0.704. The summed E-state index contributed by atoms with van der Waals surface area (Å²) in [5.74, 6) is -0.768. The molecule has 1 fully saturated rings. The van der Waals surface area contributed by atoms with Crippen molar-refractivity contribution in [1.82, 2.24) is 4.90 Å². The van der Waals surface area contributed by atoms with Gasteiger partial charge in [0.05, 0.1) is 12.7 Å². The molecule has 5 heteroatoms. The SMILES string of the molecule is COc1ccccc1C(=O)N(C)C1(C(=O)O)CCCCC1. The molecule has 0 unspecified atom stereocenters. The highest BCUT2D eigenvalue weighted by Gasteiger charge is 2.45. The number of ether oxygens (including phenoxy) is 1. The molecular formula is C16H21NO4. The van der Waals surface area contributed by atoms with Crippen LogP contribution in [0.2, 0.25) is 0 Å². The molecule has 5 nitrogen and oxygen atoms in total. The maximum Gasteiger partial charge on any atom is 0.329 e. The van der Waals surface area contributed by atoms with E-state index in [1.54, 1.807) is 31.3 Å². The first-order valence-corrected chi connectivity index (χ1v) is 7.17. The van der Waals surface area contributed by atoms with Crippen LogP contribution in [0.5, 0.6) is 5.75 Å². The molecule has 1 N–H and O–H groups in total. The van der Waals surface area contributed by atoms with Crippen LogP contribution in [0.15, 0.2) is 24.3 Å². The maximum absolute atomic E-state index is 12.7. The van der Waals surface area contributed by atoms with Crippen LogP contribution in [0.4, 0.5) is 0 Å². The van der Waals surface area contributed by atoms with E-state index in [1.807, 2.05) is 0 Å². The number of carbonyl (C=O) groups excluding carboxylic acids is 1. The van der Waals surface area contributed by atoms with E-state index in [0.717, 1.165) is 19.3 Å². The lowest BCUT2D eigenvalue weighted by molar-refractivity contribution is -0.151. The Morgan fingerprint density at radius 1 is 1.19 bits per heavy atom. The molecule has 1 aromatic carbocycles. The number of likely N-dealkylation sites (N-methyl/N-ethyl adjacent to an activating group) is 1. The van der Waals surface area contributed by atoms with E-state index in [-0.39, 0.29) is 5.91 Å². The van der Waals surface area contributed by atoms with Gasteiger partial charge in [-0.3, -0.25) is 4.79 Å². The van der Waals surface area contributed by atoms with Crippen molar-refractivity contribution in [2.45, 2.75) is 37.6 Å². The second-order valence-corrected chi connectivity index (χ2v) is 5.46. The van der Waals surface area contributed by atoms with Crippen molar-refractivity contribution < 1.29 is 19.4 Å². The minimum Gasteiger partial charge on any atom is -0.496 e. The zero-order valence-electron chi connectivity index (χ0n) is 12.5. The summed E-state index contributed by atoms with van der Waals surface area (Å²) in [7, 11) is 3.08. The lowest BCUT2D eigenvalue weighted by Gasteiger charge is -2.41. The number of hydrogen-bond acceptors (Lipinski definition) is 3. The van der Waals surface area contributed by atoms with Gasteiger partial charge in [0.15, 0.2) is 0 Å². The molecule has 114 valence electrons. The van der Waals surface area contributed by atoms with Crippen LogP contribution in [0, 0.1) is 0 Å². The monoisotopic (exact) mass is 291 g/mol. The van der Waals surface area contributed by atoms with Gasteiger partial charge in [0, 0.05) is 7.05 Å². The molecule has 2 rings (SSSR count). The van der Waals surface area contributed by atoms with Gasteiger partial charge in [0.2, 0.25) is 0 Å². The Hall–Kier alpha value is -2.04. The first-order valence-electron chi connectivity index (χ1n) is 7.17. The second-order valence-electron chi connectivity index (χ2n) is 5.46. The summed E-state index contributed by atoms with van der Waals surface area (Å²) < 4.78 is 5.20. The summed E-state index contributed by atoms with van der Waals surface area (Å²) in [6, 6.07) is 6.90. The number of rotatable bonds is 4. The van der Waals surface area contributed by atoms with Crippen LogP contribution < -0.4 is 4.74 Å². The van der Waals surface area contributed by atoms with Crippen LogP contribution in [0.1, 0.15) is 42.5 Å². The van der Waals surface area contributed by atoms with Gasteiger partial charge in [-0.25, -0.2) is 4.79 Å². The van der Waals surface area contributed by atoms with Crippen molar-refractivity contribution in [3.8, 4) is 5.75 Å². The molecule has 0 spiro atoms. The molecule has 1 saturated carbocycles. The lowest BCUT2D eigenvalue weighted by atomic mass is 9.80. The first-order chi connectivity index (χ1) is 10.0. The van der Waals surface area contributed by atoms with E-state index < -0.39 is 11.5 Å². The molecule has 0 saturated heterocycles. The highest BCUT2D eigenvalue weighted by molar-refractivity contribution is 5.99. The molecule has 0 aromatic heterocycles. The van der Waals surface area contributed by atoms with E-state index in [2.05, 4.69) is 0 Å². The Kier molecular flexibility index (Phi) is 4.50. The number of carboxylic acids is 1. The van der Waals surface area contributed by atoms with Gasteiger partial charge in [-0.2, -0.15) is 0 Å². The predicted octanol–water partition coefficient (Wildman–Crippen LogP) is 2.55. The average Bonchev–Trinajstić information content (AvgIpc) is 2.53. The molecule has 0 atom stereocenters. The molecule has 1 aliphatic rings. The number of para-hydroxylation sites is 1. The summed E-state index contributed by atoms with van der Waals surface area (Å²) >= 11 is 0. The van der Waals surface area contributed by atoms with Gasteiger partial charge in [-0.1, -0.05) is 31.4 Å². The molecule has 1 amide bonds. The van der Waals surface area contributed by atoms with Crippen molar-refractivity contribution in [2.75, 3.05) is 14.2 Å². The van der Waals surface area contributed by atoms with Crippen molar-refractivity contribution in [2.24, 2.45) is 0 Å². The summed E-state index contributed by atoms with van der Waals surface area (Å²) in [6.45, 7) is 0. The van der Waals surface area contributed by atoms with Gasteiger partial charge in [-0.05, 0) is 25.0 Å². The van der Waals surface area contributed by atoms with Crippen LogP contribution in [0.25, 0.3) is 0 Å². The van der Waals surface area contributed by atoms with E-state index in [9.17, 15) is 14.7 Å². The first kappa shape index (κ1) is 15.4. The Morgan fingerprint density at radius 2 is 1.81 bits per heavy atom. The summed E-state index contributed by atoms with van der Waals surface area (Å²) in [5, 5.41) is 9.66. The van der Waals surface area contributed by atoms with E-state index >= 15 is 0 Å². The fourth-order valence-electron chi connectivity index (χ4n) is 3.03. The lowest BCUT2D eigenvalue weighted by Crippen LogP contribution is -2.56. The normalized spacial score (nSPS) is 17.0. The molecule has 0 aliphatic heterocycles. The molecule has 0 bridgehead atoms. The number of nitrogens with zero attached hydrogens (tertiary/aromatic N) is 1. The molecule has 21 heavy (non-hydrogen) atoms. The number of hydrogen-bond donors (Lipinski definition) is 1. The molecule has 0 heterocycles. The minimum absolute atomic E-state index is 0.309. The molecule has 1 aromatic rings. The highest BCUT2D eigenvalue weighted by Crippen LogP contribution is 2.35. The highest BCUT2D eigenvalue weighted by atomic mass is 16.5. The van der Waals surface area contributed by atoms with Crippen molar-refractivity contribution in [1.29, 1.82) is 0 Å². The number of methoxy groups -OCH3 is 1. The Morgan fingerprint density at radius 3 is 2.38 bits per heavy atom. The zero-order chi connectivity index (χ0) is 15.5. The number of carbonyl (C=O) groups is 2. The van der Waals surface area contributed by atoms with Crippen LogP contribution in [0.3, 0.4) is 0 Å². The summed E-state index contributed by atoms with van der Waals surface area (Å²) in [6.07, 6.45) is 3.68. The zero-order valence-corrected chi connectivity index (χ0v) is 12.5. The van der Waals surface area contributed by atoms with Gasteiger partial charge in [0.1, 0.15) is 11.3 Å². The van der Waals surface area contributed by atoms with Crippen molar-refractivity contribution in [3.63, 3.8) is 0 Å².